The Balaban J connectivity index is 0. The van der Waals surface area contributed by atoms with E-state index in [0.29, 0.717) is 30.1 Å². The number of carbonyl (C=O) groups is 3. The summed E-state index contributed by atoms with van der Waals surface area (Å²) in [7, 11) is 1.48. The summed E-state index contributed by atoms with van der Waals surface area (Å²) in [5, 5.41) is 15.8. The SMILES string of the molecule is C.C.COCO/N=[N+](\[O-])N1CCCCC1.[CH2-]CSC1CC(=O)N(CCCC(C)=O)C1=O. The van der Waals surface area contributed by atoms with Gasteiger partial charge < -0.3 is 26.5 Å². The fourth-order valence-corrected chi connectivity index (χ4v) is 3.69. The topological polar surface area (TPSA) is 115 Å². The highest BCUT2D eigenvalue weighted by molar-refractivity contribution is 8.00. The third-order valence-corrected chi connectivity index (χ3v) is 5.31. The average Bonchev–Trinajstić information content (AvgIpc) is 2.97. The molecule has 0 aromatic heterocycles. The predicted octanol–water partition coefficient (Wildman–Crippen LogP) is 3.21. The van der Waals surface area contributed by atoms with Crippen molar-refractivity contribution in [3.8, 4) is 0 Å². The van der Waals surface area contributed by atoms with E-state index in [-0.39, 0.29) is 50.9 Å². The van der Waals surface area contributed by atoms with Crippen LogP contribution in [-0.4, -0.2) is 77.0 Å². The van der Waals surface area contributed by atoms with Crippen molar-refractivity contribution in [2.45, 2.75) is 65.6 Å². The molecule has 0 saturated carbocycles. The maximum atomic E-state index is 11.8. The van der Waals surface area contributed by atoms with Crippen molar-refractivity contribution in [1.29, 1.82) is 0 Å². The number of thioether (sulfide) groups is 1. The molecule has 2 fully saturated rings. The highest BCUT2D eigenvalue weighted by Gasteiger charge is 2.37. The van der Waals surface area contributed by atoms with E-state index in [1.807, 2.05) is 0 Å². The van der Waals surface area contributed by atoms with Gasteiger partial charge in [-0.05, 0) is 32.6 Å². The number of likely N-dealkylation sites (tertiary alicyclic amines) is 1. The third-order valence-electron chi connectivity index (χ3n) is 4.30. The zero-order valence-corrected chi connectivity index (χ0v) is 18.0. The van der Waals surface area contributed by atoms with Gasteiger partial charge in [-0.3, -0.25) is 14.5 Å². The fourth-order valence-electron chi connectivity index (χ4n) is 2.87. The largest absolute Gasteiger partial charge is 0.569 e. The second kappa shape index (κ2) is 17.8. The van der Waals surface area contributed by atoms with Crippen molar-refractivity contribution in [3.63, 3.8) is 0 Å². The number of methoxy groups -OCH3 is 1. The van der Waals surface area contributed by atoms with Crippen LogP contribution in [0.15, 0.2) is 5.28 Å². The first-order valence-corrected chi connectivity index (χ1v) is 10.7. The Morgan fingerprint density at radius 2 is 1.94 bits per heavy atom. The molecule has 2 heterocycles. The quantitative estimate of drug-likeness (QED) is 0.0923. The number of hydrogen-bond donors (Lipinski definition) is 0. The van der Waals surface area contributed by atoms with E-state index >= 15 is 0 Å². The molecule has 11 heteroatoms. The number of hydrazine groups is 1. The summed E-state index contributed by atoms with van der Waals surface area (Å²) in [6.45, 7) is 7.04. The Labute approximate surface area is 190 Å². The molecule has 31 heavy (non-hydrogen) atoms. The van der Waals surface area contributed by atoms with E-state index in [0.717, 1.165) is 25.9 Å². The van der Waals surface area contributed by atoms with Crippen molar-refractivity contribution < 1.29 is 28.9 Å². The number of hydrogen-bond acceptors (Lipinski definition) is 8. The maximum Gasteiger partial charge on any atom is 0.242 e. The van der Waals surface area contributed by atoms with Crippen LogP contribution in [0.1, 0.15) is 60.3 Å². The molecule has 182 valence electrons. The van der Waals surface area contributed by atoms with Gasteiger partial charge in [-0.15, -0.1) is 10.8 Å². The van der Waals surface area contributed by atoms with Crippen molar-refractivity contribution in [2.24, 2.45) is 5.28 Å². The molecule has 0 N–H and O–H groups in total. The molecule has 2 saturated heterocycles. The molecule has 1 atom stereocenters. The van der Waals surface area contributed by atoms with Gasteiger partial charge in [0.1, 0.15) is 5.78 Å². The normalized spacial score (nSPS) is 18.5. The first kappa shape index (κ1) is 31.3. The number of nitrogens with zero attached hydrogens (tertiary/aromatic N) is 4. The first-order valence-electron chi connectivity index (χ1n) is 9.69. The Hall–Kier alpha value is -1.88. The van der Waals surface area contributed by atoms with Gasteiger partial charge in [0.2, 0.25) is 23.9 Å². The molecule has 0 spiro atoms. The molecule has 0 radical (unpaired) electrons. The Bertz CT molecular complexity index is 570. The second-order valence-corrected chi connectivity index (χ2v) is 7.95. The van der Waals surface area contributed by atoms with Gasteiger partial charge in [0, 0.05) is 26.5 Å². The number of Topliss-reactive ketones (excluding diaryl/α,β-unsaturated/α-hetero) is 1. The molecule has 10 nitrogen and oxygen atoms in total. The lowest BCUT2D eigenvalue weighted by Gasteiger charge is -2.21. The number of piperidine rings is 1. The minimum absolute atomic E-state index is 0. The van der Waals surface area contributed by atoms with Crippen LogP contribution >= 0.6 is 11.8 Å². The van der Waals surface area contributed by atoms with Crippen LogP contribution in [0.2, 0.25) is 0 Å². The number of imide groups is 1. The molecular weight excluding hydrogens is 424 g/mol. The Kier molecular flexibility index (Phi) is 17.9. The number of amides is 2. The van der Waals surface area contributed by atoms with E-state index in [9.17, 15) is 19.6 Å². The van der Waals surface area contributed by atoms with Crippen LogP contribution in [0.4, 0.5) is 0 Å². The van der Waals surface area contributed by atoms with Crippen molar-refractivity contribution in [3.05, 3.63) is 12.1 Å². The number of rotatable bonds is 10. The Morgan fingerprint density at radius 1 is 1.29 bits per heavy atom. The molecule has 2 amide bonds. The zero-order chi connectivity index (χ0) is 21.6. The molecule has 0 aliphatic carbocycles. The van der Waals surface area contributed by atoms with Gasteiger partial charge in [-0.2, -0.15) is 11.8 Å². The van der Waals surface area contributed by atoms with Crippen LogP contribution in [0.3, 0.4) is 0 Å². The molecule has 2 aliphatic heterocycles. The van der Waals surface area contributed by atoms with E-state index < -0.39 is 0 Å². The molecule has 2 rings (SSSR count). The van der Waals surface area contributed by atoms with Crippen LogP contribution in [0.25, 0.3) is 0 Å². The minimum Gasteiger partial charge on any atom is -0.569 e. The van der Waals surface area contributed by atoms with E-state index in [4.69, 9.17) is 0 Å². The highest BCUT2D eigenvalue weighted by Crippen LogP contribution is 2.24. The minimum atomic E-state index is -0.262. The van der Waals surface area contributed by atoms with E-state index in [1.165, 1.54) is 37.1 Å². The van der Waals surface area contributed by atoms with Gasteiger partial charge >= 0.3 is 0 Å². The van der Waals surface area contributed by atoms with Crippen molar-refractivity contribution in [2.75, 3.05) is 39.3 Å². The lowest BCUT2D eigenvalue weighted by atomic mass is 10.2. The number of ketones is 1. The summed E-state index contributed by atoms with van der Waals surface area (Å²) >= 11 is 1.40. The molecule has 0 aromatic rings. The van der Waals surface area contributed by atoms with Crippen LogP contribution in [-0.2, 0) is 24.0 Å². The second-order valence-electron chi connectivity index (χ2n) is 6.64. The maximum absolute atomic E-state index is 11.8. The number of ether oxygens (including phenoxy) is 1. The summed E-state index contributed by atoms with van der Waals surface area (Å²) in [5.74, 6) is 0.426. The third kappa shape index (κ3) is 11.9. The highest BCUT2D eigenvalue weighted by atomic mass is 32.2. The van der Waals surface area contributed by atoms with Crippen molar-refractivity contribution in [1.82, 2.24) is 9.91 Å². The van der Waals surface area contributed by atoms with Gasteiger partial charge in [0.25, 0.3) is 0 Å². The molecule has 0 bridgehead atoms. The van der Waals surface area contributed by atoms with Gasteiger partial charge in [0.05, 0.1) is 23.3 Å². The van der Waals surface area contributed by atoms with E-state index in [2.05, 4.69) is 21.8 Å². The average molecular weight is 464 g/mol. The molecule has 0 aromatic carbocycles. The lowest BCUT2D eigenvalue weighted by Crippen LogP contribution is -2.35. The summed E-state index contributed by atoms with van der Waals surface area (Å²) in [5.41, 5.74) is 0. The van der Waals surface area contributed by atoms with Gasteiger partial charge in [-0.25, -0.2) is 0 Å². The van der Waals surface area contributed by atoms with E-state index in [1.54, 1.807) is 5.01 Å². The molecular formula is C20H39N4O6S-. The lowest BCUT2D eigenvalue weighted by molar-refractivity contribution is -0.713. The first-order chi connectivity index (χ1) is 13.9. The van der Waals surface area contributed by atoms with Gasteiger partial charge in [0.15, 0.2) is 0 Å². The molecule has 1 unspecified atom stereocenters. The monoisotopic (exact) mass is 463 g/mol. The predicted molar refractivity (Wildman–Crippen MR) is 121 cm³/mol. The Morgan fingerprint density at radius 3 is 2.48 bits per heavy atom. The fraction of sp³-hybridized carbons (Fsp3) is 0.800. The van der Waals surface area contributed by atoms with Crippen LogP contribution < -0.4 is 0 Å². The standard InChI is InChI=1S/C11H16NO3S.C7H15N3O3.2CH4/c1-3-16-9-7-10(14)12(11(9)15)6-4-5-8(2)13;1-12-7-13-8-10(11)9-5-3-2-4-6-9;;/h9H,1,3-7H2,2H3;2-7H2,1H3;2*1H4/q-1;;;/b;10-8-;;. The van der Waals surface area contributed by atoms with Crippen LogP contribution in [0.5, 0.6) is 0 Å². The summed E-state index contributed by atoms with van der Waals surface area (Å²) in [4.78, 5) is 40.4. The number of carbonyl (C=O) groups excluding carboxylic acids is 3. The smallest absolute Gasteiger partial charge is 0.242 e. The van der Waals surface area contributed by atoms with Crippen molar-refractivity contribution >= 4 is 29.4 Å². The summed E-state index contributed by atoms with van der Waals surface area (Å²) in [6, 6.07) is 0. The van der Waals surface area contributed by atoms with Crippen LogP contribution in [0, 0.1) is 12.1 Å². The summed E-state index contributed by atoms with van der Waals surface area (Å²) < 4.78 is 4.58. The van der Waals surface area contributed by atoms with Gasteiger partial charge in [-0.1, -0.05) is 14.9 Å². The zero-order valence-electron chi connectivity index (χ0n) is 17.2. The molecule has 2 aliphatic rings. The summed E-state index contributed by atoms with van der Waals surface area (Å²) in [6.07, 6.45) is 4.53.